The molecule has 0 spiro atoms. The highest BCUT2D eigenvalue weighted by Crippen LogP contribution is 2.37. The molecule has 0 amide bonds. The highest BCUT2D eigenvalue weighted by atomic mass is 32.1. The number of anilines is 1. The van der Waals surface area contributed by atoms with Gasteiger partial charge in [-0.05, 0) is 37.9 Å². The first-order chi connectivity index (χ1) is 10.3. The van der Waals surface area contributed by atoms with Crippen molar-refractivity contribution < 1.29 is 0 Å². The van der Waals surface area contributed by atoms with E-state index in [0.29, 0.717) is 6.04 Å². The molecule has 21 heavy (non-hydrogen) atoms. The molecule has 2 heterocycles. The molecule has 1 N–H and O–H groups in total. The fourth-order valence-electron chi connectivity index (χ4n) is 2.81. The summed E-state index contributed by atoms with van der Waals surface area (Å²) in [7, 11) is 2.10. The SMILES string of the molecule is CCNC1CCCc2nc(N(C)Cc3ccccn3)sc21. The predicted molar refractivity (Wildman–Crippen MR) is 87.8 cm³/mol. The molecule has 3 rings (SSSR count). The number of pyridine rings is 1. The first-order valence-electron chi connectivity index (χ1n) is 7.62. The summed E-state index contributed by atoms with van der Waals surface area (Å²) in [4.78, 5) is 12.9. The Morgan fingerprint density at radius 2 is 2.33 bits per heavy atom. The summed E-state index contributed by atoms with van der Waals surface area (Å²) >= 11 is 1.84. The van der Waals surface area contributed by atoms with Crippen LogP contribution in [0.5, 0.6) is 0 Å². The van der Waals surface area contributed by atoms with Crippen molar-refractivity contribution in [1.29, 1.82) is 0 Å². The Morgan fingerprint density at radius 1 is 1.43 bits per heavy atom. The molecule has 4 nitrogen and oxygen atoms in total. The Kier molecular flexibility index (Phi) is 4.51. The third kappa shape index (κ3) is 3.24. The van der Waals surface area contributed by atoms with Crippen LogP contribution in [0.2, 0.25) is 0 Å². The van der Waals surface area contributed by atoms with Crippen LogP contribution < -0.4 is 10.2 Å². The average Bonchev–Trinajstić information content (AvgIpc) is 2.94. The van der Waals surface area contributed by atoms with Crippen LogP contribution in [0, 0.1) is 0 Å². The zero-order chi connectivity index (χ0) is 14.7. The van der Waals surface area contributed by atoms with Crippen molar-refractivity contribution in [2.75, 3.05) is 18.5 Å². The van der Waals surface area contributed by atoms with E-state index in [-0.39, 0.29) is 0 Å². The van der Waals surface area contributed by atoms with Crippen molar-refractivity contribution in [2.45, 2.75) is 38.8 Å². The third-order valence-corrected chi connectivity index (χ3v) is 5.17. The van der Waals surface area contributed by atoms with Gasteiger partial charge in [-0.1, -0.05) is 24.3 Å². The lowest BCUT2D eigenvalue weighted by atomic mass is 9.98. The van der Waals surface area contributed by atoms with Gasteiger partial charge in [0.25, 0.3) is 0 Å². The number of aromatic nitrogens is 2. The van der Waals surface area contributed by atoms with Gasteiger partial charge in [-0.25, -0.2) is 4.98 Å². The van der Waals surface area contributed by atoms with Crippen molar-refractivity contribution in [3.05, 3.63) is 40.7 Å². The van der Waals surface area contributed by atoms with Crippen LogP contribution in [-0.2, 0) is 13.0 Å². The van der Waals surface area contributed by atoms with Gasteiger partial charge in [-0.2, -0.15) is 0 Å². The van der Waals surface area contributed by atoms with Gasteiger partial charge in [-0.3, -0.25) is 4.98 Å². The van der Waals surface area contributed by atoms with Crippen LogP contribution in [-0.4, -0.2) is 23.6 Å². The van der Waals surface area contributed by atoms with Gasteiger partial charge in [0.2, 0.25) is 0 Å². The second-order valence-electron chi connectivity index (χ2n) is 5.49. The molecule has 0 saturated heterocycles. The maximum absolute atomic E-state index is 4.86. The molecule has 0 bridgehead atoms. The summed E-state index contributed by atoms with van der Waals surface area (Å²) in [5.74, 6) is 0. The van der Waals surface area contributed by atoms with Crippen LogP contribution in [0.15, 0.2) is 24.4 Å². The number of hydrogen-bond donors (Lipinski definition) is 1. The molecule has 112 valence electrons. The smallest absolute Gasteiger partial charge is 0.185 e. The normalized spacial score (nSPS) is 17.5. The Hall–Kier alpha value is -1.46. The molecule has 0 fully saturated rings. The lowest BCUT2D eigenvalue weighted by Crippen LogP contribution is -2.23. The molecule has 1 atom stereocenters. The number of rotatable bonds is 5. The van der Waals surface area contributed by atoms with E-state index in [0.717, 1.165) is 30.3 Å². The molecule has 1 aliphatic rings. The van der Waals surface area contributed by atoms with E-state index < -0.39 is 0 Å². The van der Waals surface area contributed by atoms with Gasteiger partial charge >= 0.3 is 0 Å². The number of fused-ring (bicyclic) bond motifs is 1. The van der Waals surface area contributed by atoms with Gasteiger partial charge in [0, 0.05) is 24.2 Å². The fourth-order valence-corrected chi connectivity index (χ4v) is 4.00. The molecule has 2 aromatic heterocycles. The highest BCUT2D eigenvalue weighted by Gasteiger charge is 2.24. The summed E-state index contributed by atoms with van der Waals surface area (Å²) < 4.78 is 0. The molecular formula is C16H22N4S. The Bertz CT molecular complexity index is 581. The predicted octanol–water partition coefficient (Wildman–Crippen LogP) is 3.16. The second kappa shape index (κ2) is 6.54. The highest BCUT2D eigenvalue weighted by molar-refractivity contribution is 7.15. The molecule has 2 aromatic rings. The van der Waals surface area contributed by atoms with Crippen LogP contribution >= 0.6 is 11.3 Å². The molecule has 1 unspecified atom stereocenters. The van der Waals surface area contributed by atoms with Gasteiger partial charge in [0.1, 0.15) is 0 Å². The molecular weight excluding hydrogens is 280 g/mol. The van der Waals surface area contributed by atoms with Crippen LogP contribution in [0.3, 0.4) is 0 Å². The van der Waals surface area contributed by atoms with Gasteiger partial charge < -0.3 is 10.2 Å². The zero-order valence-corrected chi connectivity index (χ0v) is 13.5. The fraction of sp³-hybridized carbons (Fsp3) is 0.500. The van der Waals surface area contributed by atoms with E-state index >= 15 is 0 Å². The maximum atomic E-state index is 4.86. The van der Waals surface area contributed by atoms with E-state index in [1.165, 1.54) is 23.4 Å². The van der Waals surface area contributed by atoms with E-state index in [1.54, 1.807) is 0 Å². The zero-order valence-electron chi connectivity index (χ0n) is 12.7. The van der Waals surface area contributed by atoms with Crippen LogP contribution in [0.4, 0.5) is 5.13 Å². The van der Waals surface area contributed by atoms with Crippen molar-refractivity contribution >= 4 is 16.5 Å². The first kappa shape index (κ1) is 14.5. The minimum Gasteiger partial charge on any atom is -0.345 e. The van der Waals surface area contributed by atoms with E-state index in [1.807, 2.05) is 29.7 Å². The standard InChI is InChI=1S/C16H22N4S/c1-3-17-13-8-6-9-14-15(13)21-16(19-14)20(2)11-12-7-4-5-10-18-12/h4-5,7,10,13,17H,3,6,8-9,11H2,1-2H3. The number of hydrogen-bond acceptors (Lipinski definition) is 5. The Morgan fingerprint density at radius 3 is 3.10 bits per heavy atom. The molecule has 5 heteroatoms. The minimum absolute atomic E-state index is 0.494. The van der Waals surface area contributed by atoms with Gasteiger partial charge in [-0.15, -0.1) is 0 Å². The summed E-state index contributed by atoms with van der Waals surface area (Å²) in [5, 5.41) is 4.69. The average molecular weight is 302 g/mol. The Labute approximate surface area is 130 Å². The summed E-state index contributed by atoms with van der Waals surface area (Å²) in [6, 6.07) is 6.54. The summed E-state index contributed by atoms with van der Waals surface area (Å²) in [5.41, 5.74) is 2.37. The van der Waals surface area contributed by atoms with Crippen molar-refractivity contribution in [2.24, 2.45) is 0 Å². The molecule has 0 radical (unpaired) electrons. The molecule has 1 aliphatic carbocycles. The first-order valence-corrected chi connectivity index (χ1v) is 8.43. The number of nitrogens with one attached hydrogen (secondary N) is 1. The van der Waals surface area contributed by atoms with Gasteiger partial charge in [0.05, 0.1) is 17.9 Å². The van der Waals surface area contributed by atoms with Crippen molar-refractivity contribution in [1.82, 2.24) is 15.3 Å². The van der Waals surface area contributed by atoms with E-state index in [4.69, 9.17) is 4.98 Å². The lowest BCUT2D eigenvalue weighted by Gasteiger charge is -2.21. The molecule has 0 aromatic carbocycles. The van der Waals surface area contributed by atoms with Crippen molar-refractivity contribution in [3.8, 4) is 0 Å². The van der Waals surface area contributed by atoms with Crippen molar-refractivity contribution in [3.63, 3.8) is 0 Å². The topological polar surface area (TPSA) is 41.1 Å². The molecule has 0 aliphatic heterocycles. The number of thiazole rings is 1. The Balaban J connectivity index is 1.77. The third-order valence-electron chi connectivity index (χ3n) is 3.84. The monoisotopic (exact) mass is 302 g/mol. The van der Waals surface area contributed by atoms with Gasteiger partial charge in [0.15, 0.2) is 5.13 Å². The minimum atomic E-state index is 0.494. The number of aryl methyl sites for hydroxylation is 1. The molecule has 0 saturated carbocycles. The van der Waals surface area contributed by atoms with E-state index in [9.17, 15) is 0 Å². The summed E-state index contributed by atoms with van der Waals surface area (Å²) in [6.07, 6.45) is 5.42. The van der Waals surface area contributed by atoms with E-state index in [2.05, 4.69) is 35.2 Å². The van der Waals surface area contributed by atoms with Crippen LogP contribution in [0.1, 0.15) is 42.1 Å². The lowest BCUT2D eigenvalue weighted by molar-refractivity contribution is 0.476. The summed E-state index contributed by atoms with van der Waals surface area (Å²) in [6.45, 7) is 3.99. The largest absolute Gasteiger partial charge is 0.345 e. The quantitative estimate of drug-likeness (QED) is 0.921. The number of nitrogens with zero attached hydrogens (tertiary/aromatic N) is 3. The second-order valence-corrected chi connectivity index (χ2v) is 6.50. The van der Waals surface area contributed by atoms with Crippen LogP contribution in [0.25, 0.3) is 0 Å². The maximum Gasteiger partial charge on any atom is 0.185 e.